The molecule has 8 heteroatoms. The smallest absolute Gasteiger partial charge is 0.214 e. The number of rotatable bonds is 5. The SMILES string of the molecule is CN=C(NCc1ncc(-c2ccccc2)o1)N1CCN(Cc2ccon2)CC1. The molecule has 0 aliphatic carbocycles. The Balaban J connectivity index is 1.28. The molecule has 2 aromatic heterocycles. The lowest BCUT2D eigenvalue weighted by Crippen LogP contribution is -2.52. The number of piperazine rings is 1. The molecule has 146 valence electrons. The summed E-state index contributed by atoms with van der Waals surface area (Å²) in [5.74, 6) is 2.28. The summed E-state index contributed by atoms with van der Waals surface area (Å²) in [7, 11) is 1.80. The number of hydrogen-bond donors (Lipinski definition) is 1. The molecule has 0 unspecified atom stereocenters. The van der Waals surface area contributed by atoms with Crippen molar-refractivity contribution in [2.24, 2.45) is 4.99 Å². The van der Waals surface area contributed by atoms with Gasteiger partial charge in [0.1, 0.15) is 6.26 Å². The Hall–Kier alpha value is -3.13. The zero-order valence-corrected chi connectivity index (χ0v) is 15.9. The van der Waals surface area contributed by atoms with E-state index in [2.05, 4.69) is 30.2 Å². The van der Waals surface area contributed by atoms with Gasteiger partial charge in [-0.15, -0.1) is 0 Å². The fraction of sp³-hybridized carbons (Fsp3) is 0.350. The third-order valence-corrected chi connectivity index (χ3v) is 4.77. The van der Waals surface area contributed by atoms with E-state index >= 15 is 0 Å². The molecule has 28 heavy (non-hydrogen) atoms. The van der Waals surface area contributed by atoms with Crippen LogP contribution in [-0.2, 0) is 13.1 Å². The number of oxazole rings is 1. The van der Waals surface area contributed by atoms with E-state index in [0.29, 0.717) is 12.4 Å². The molecule has 8 nitrogen and oxygen atoms in total. The summed E-state index contributed by atoms with van der Waals surface area (Å²) in [6.45, 7) is 5.01. The minimum atomic E-state index is 0.499. The number of aromatic nitrogens is 2. The minimum Gasteiger partial charge on any atom is -0.439 e. The number of hydrogen-bond acceptors (Lipinski definition) is 6. The van der Waals surface area contributed by atoms with Crippen molar-refractivity contribution >= 4 is 5.96 Å². The van der Waals surface area contributed by atoms with E-state index in [-0.39, 0.29) is 0 Å². The topological polar surface area (TPSA) is 82.9 Å². The second kappa shape index (κ2) is 8.71. The van der Waals surface area contributed by atoms with Crippen molar-refractivity contribution in [2.45, 2.75) is 13.1 Å². The zero-order chi connectivity index (χ0) is 19.2. The molecule has 4 rings (SSSR count). The molecule has 0 spiro atoms. The average Bonchev–Trinajstić information content (AvgIpc) is 3.42. The fourth-order valence-corrected chi connectivity index (χ4v) is 3.28. The maximum Gasteiger partial charge on any atom is 0.214 e. The van der Waals surface area contributed by atoms with Crippen LogP contribution in [0.25, 0.3) is 11.3 Å². The monoisotopic (exact) mass is 380 g/mol. The first-order valence-electron chi connectivity index (χ1n) is 9.39. The number of guanidine groups is 1. The second-order valence-corrected chi connectivity index (χ2v) is 6.64. The van der Waals surface area contributed by atoms with E-state index in [1.165, 1.54) is 0 Å². The van der Waals surface area contributed by atoms with Crippen LogP contribution in [-0.4, -0.2) is 59.1 Å². The molecule has 0 bridgehead atoms. The highest BCUT2D eigenvalue weighted by Gasteiger charge is 2.20. The Bertz CT molecular complexity index is 883. The highest BCUT2D eigenvalue weighted by molar-refractivity contribution is 5.79. The average molecular weight is 380 g/mol. The molecular formula is C20H24N6O2. The van der Waals surface area contributed by atoms with Crippen molar-refractivity contribution < 1.29 is 8.94 Å². The van der Waals surface area contributed by atoms with Crippen molar-refractivity contribution in [3.8, 4) is 11.3 Å². The first kappa shape index (κ1) is 18.2. The van der Waals surface area contributed by atoms with Gasteiger partial charge in [-0.05, 0) is 0 Å². The van der Waals surface area contributed by atoms with E-state index in [1.54, 1.807) is 19.5 Å². The first-order valence-corrected chi connectivity index (χ1v) is 9.39. The Morgan fingerprint density at radius 1 is 1.14 bits per heavy atom. The summed E-state index contributed by atoms with van der Waals surface area (Å²) >= 11 is 0. The van der Waals surface area contributed by atoms with Crippen molar-refractivity contribution in [3.05, 3.63) is 60.4 Å². The quantitative estimate of drug-likeness (QED) is 0.537. The number of nitrogens with one attached hydrogen (secondary N) is 1. The van der Waals surface area contributed by atoms with Gasteiger partial charge in [0.2, 0.25) is 5.89 Å². The number of benzene rings is 1. The van der Waals surface area contributed by atoms with Gasteiger partial charge in [0, 0.05) is 51.4 Å². The normalized spacial score (nSPS) is 15.8. The van der Waals surface area contributed by atoms with Crippen molar-refractivity contribution in [2.75, 3.05) is 33.2 Å². The lowest BCUT2D eigenvalue weighted by atomic mass is 10.2. The van der Waals surface area contributed by atoms with E-state index in [9.17, 15) is 0 Å². The van der Waals surface area contributed by atoms with Gasteiger partial charge < -0.3 is 19.2 Å². The van der Waals surface area contributed by atoms with Crippen molar-refractivity contribution in [1.82, 2.24) is 25.3 Å². The van der Waals surface area contributed by atoms with Crippen LogP contribution >= 0.6 is 0 Å². The molecule has 1 N–H and O–H groups in total. The van der Waals surface area contributed by atoms with Gasteiger partial charge in [0.05, 0.1) is 18.4 Å². The van der Waals surface area contributed by atoms with Crippen molar-refractivity contribution in [1.29, 1.82) is 0 Å². The predicted molar refractivity (Wildman–Crippen MR) is 105 cm³/mol. The maximum absolute atomic E-state index is 5.86. The van der Waals surface area contributed by atoms with Gasteiger partial charge in [0.15, 0.2) is 11.7 Å². The summed E-state index contributed by atoms with van der Waals surface area (Å²) in [5, 5.41) is 7.34. The first-order chi connectivity index (χ1) is 13.8. The summed E-state index contributed by atoms with van der Waals surface area (Å²) in [4.78, 5) is 13.4. The molecule has 0 amide bonds. The summed E-state index contributed by atoms with van der Waals surface area (Å²) in [5.41, 5.74) is 1.99. The lowest BCUT2D eigenvalue weighted by molar-refractivity contribution is 0.169. The van der Waals surface area contributed by atoms with Gasteiger partial charge in [-0.1, -0.05) is 35.5 Å². The molecule has 0 saturated carbocycles. The zero-order valence-electron chi connectivity index (χ0n) is 15.9. The van der Waals surface area contributed by atoms with Crippen LogP contribution in [0.4, 0.5) is 0 Å². The van der Waals surface area contributed by atoms with Gasteiger partial charge in [-0.2, -0.15) is 0 Å². The van der Waals surface area contributed by atoms with Gasteiger partial charge >= 0.3 is 0 Å². The number of nitrogens with zero attached hydrogens (tertiary/aromatic N) is 5. The highest BCUT2D eigenvalue weighted by Crippen LogP contribution is 2.19. The third kappa shape index (κ3) is 4.40. The third-order valence-electron chi connectivity index (χ3n) is 4.77. The Morgan fingerprint density at radius 2 is 1.96 bits per heavy atom. The van der Waals surface area contributed by atoms with Crippen molar-refractivity contribution in [3.63, 3.8) is 0 Å². The Kier molecular flexibility index (Phi) is 5.67. The molecule has 3 aromatic rings. The van der Waals surface area contributed by atoms with Crippen LogP contribution in [0.3, 0.4) is 0 Å². The van der Waals surface area contributed by atoms with Gasteiger partial charge in [0.25, 0.3) is 0 Å². The molecule has 1 fully saturated rings. The highest BCUT2D eigenvalue weighted by atomic mass is 16.5. The molecular weight excluding hydrogens is 356 g/mol. The Morgan fingerprint density at radius 3 is 2.68 bits per heavy atom. The molecule has 1 aliphatic heterocycles. The largest absolute Gasteiger partial charge is 0.439 e. The standard InChI is InChI=1S/C20H24N6O2/c1-21-20(26-10-8-25(9-11-26)15-17-7-12-27-24-17)23-14-19-22-13-18(28-19)16-5-3-2-4-6-16/h2-7,12-13H,8-11,14-15H2,1H3,(H,21,23). The number of aliphatic imine (C=N–C) groups is 1. The van der Waals surface area contributed by atoms with Crippen LogP contribution in [0, 0.1) is 0 Å². The van der Waals surface area contributed by atoms with Gasteiger partial charge in [-0.25, -0.2) is 4.98 Å². The fourth-order valence-electron chi connectivity index (χ4n) is 3.28. The molecule has 1 aliphatic rings. The van der Waals surface area contributed by atoms with E-state index < -0.39 is 0 Å². The summed E-state index contributed by atoms with van der Waals surface area (Å²) < 4.78 is 10.8. The van der Waals surface area contributed by atoms with Crippen LogP contribution in [0.5, 0.6) is 0 Å². The Labute approximate surface area is 163 Å². The summed E-state index contributed by atoms with van der Waals surface area (Å²) in [6, 6.07) is 11.9. The molecule has 3 heterocycles. The molecule has 0 radical (unpaired) electrons. The van der Waals surface area contributed by atoms with E-state index in [4.69, 9.17) is 8.94 Å². The van der Waals surface area contributed by atoms with E-state index in [1.807, 2.05) is 36.4 Å². The lowest BCUT2D eigenvalue weighted by Gasteiger charge is -2.36. The second-order valence-electron chi connectivity index (χ2n) is 6.64. The maximum atomic E-state index is 5.86. The predicted octanol–water partition coefficient (Wildman–Crippen LogP) is 2.22. The van der Waals surface area contributed by atoms with Crippen LogP contribution in [0.2, 0.25) is 0 Å². The van der Waals surface area contributed by atoms with Gasteiger partial charge in [-0.3, -0.25) is 9.89 Å². The minimum absolute atomic E-state index is 0.499. The van der Waals surface area contributed by atoms with E-state index in [0.717, 1.165) is 55.7 Å². The molecule has 1 aromatic carbocycles. The van der Waals surface area contributed by atoms with Crippen LogP contribution < -0.4 is 5.32 Å². The van der Waals surface area contributed by atoms with Crippen LogP contribution in [0.15, 0.2) is 62.8 Å². The summed E-state index contributed by atoms with van der Waals surface area (Å²) in [6.07, 6.45) is 3.38. The molecule has 1 saturated heterocycles. The molecule has 0 atom stereocenters. The van der Waals surface area contributed by atoms with Crippen LogP contribution in [0.1, 0.15) is 11.6 Å².